The van der Waals surface area contributed by atoms with Crippen molar-refractivity contribution in [3.63, 3.8) is 0 Å². The van der Waals surface area contributed by atoms with Crippen LogP contribution in [0.3, 0.4) is 0 Å². The van der Waals surface area contributed by atoms with E-state index in [0.717, 1.165) is 15.4 Å². The molecule has 3 rings (SSSR count). The van der Waals surface area contributed by atoms with Crippen LogP contribution in [-0.2, 0) is 26.2 Å². The number of anilines is 1. The van der Waals surface area contributed by atoms with Crippen LogP contribution < -0.4 is 9.62 Å². The molecule has 10 nitrogen and oxygen atoms in total. The van der Waals surface area contributed by atoms with E-state index in [2.05, 4.69) is 5.32 Å². The molecule has 0 aliphatic rings. The summed E-state index contributed by atoms with van der Waals surface area (Å²) in [5, 5.41) is 14.2. The third-order valence-electron chi connectivity index (χ3n) is 6.95. The van der Waals surface area contributed by atoms with Crippen LogP contribution in [0.2, 0.25) is 0 Å². The Hall–Kier alpha value is -4.25. The number of sulfonamides is 1. The highest BCUT2D eigenvalue weighted by Gasteiger charge is 2.34. The van der Waals surface area contributed by atoms with E-state index in [1.807, 2.05) is 45.0 Å². The molecular weight excluding hydrogens is 544 g/mol. The van der Waals surface area contributed by atoms with Crippen LogP contribution in [0.1, 0.15) is 44.7 Å². The van der Waals surface area contributed by atoms with Crippen LogP contribution in [0.4, 0.5) is 11.4 Å². The fourth-order valence-corrected chi connectivity index (χ4v) is 5.76. The highest BCUT2D eigenvalue weighted by atomic mass is 32.2. The molecule has 2 amide bonds. The molecule has 0 aliphatic heterocycles. The molecule has 11 heteroatoms. The van der Waals surface area contributed by atoms with Gasteiger partial charge in [0.2, 0.25) is 11.8 Å². The number of carbonyl (C=O) groups is 2. The van der Waals surface area contributed by atoms with Crippen molar-refractivity contribution in [2.75, 3.05) is 10.8 Å². The molecule has 0 saturated heterocycles. The Balaban J connectivity index is 2.08. The number of aryl methyl sites for hydroxylation is 1. The first-order chi connectivity index (χ1) is 19.5. The number of hydrogen-bond donors (Lipinski definition) is 1. The highest BCUT2D eigenvalue weighted by Crippen LogP contribution is 2.27. The zero-order chi connectivity index (χ0) is 30.2. The summed E-state index contributed by atoms with van der Waals surface area (Å²) >= 11 is 0. The van der Waals surface area contributed by atoms with E-state index in [4.69, 9.17) is 0 Å². The smallest absolute Gasteiger partial charge is 0.269 e. The van der Waals surface area contributed by atoms with Crippen LogP contribution in [-0.4, -0.2) is 48.7 Å². The quantitative estimate of drug-likeness (QED) is 0.228. The first-order valence-electron chi connectivity index (χ1n) is 13.5. The molecule has 0 fully saturated rings. The predicted octanol–water partition coefficient (Wildman–Crippen LogP) is 4.82. The first kappa shape index (κ1) is 31.3. The van der Waals surface area contributed by atoms with Crippen molar-refractivity contribution in [1.29, 1.82) is 0 Å². The van der Waals surface area contributed by atoms with Gasteiger partial charge in [-0.1, -0.05) is 56.3 Å². The fourth-order valence-electron chi connectivity index (χ4n) is 4.32. The third kappa shape index (κ3) is 7.69. The predicted molar refractivity (Wildman–Crippen MR) is 158 cm³/mol. The van der Waals surface area contributed by atoms with Gasteiger partial charge in [0.15, 0.2) is 0 Å². The molecule has 218 valence electrons. The maximum atomic E-state index is 14.1. The van der Waals surface area contributed by atoms with Gasteiger partial charge in [-0.05, 0) is 62.1 Å². The highest BCUT2D eigenvalue weighted by molar-refractivity contribution is 7.92. The van der Waals surface area contributed by atoms with E-state index in [9.17, 15) is 28.1 Å². The number of nitrogens with one attached hydrogen (secondary N) is 1. The second-order valence-electron chi connectivity index (χ2n) is 9.79. The Morgan fingerprint density at radius 3 is 2.10 bits per heavy atom. The Kier molecular flexibility index (Phi) is 10.6. The molecule has 0 aromatic heterocycles. The van der Waals surface area contributed by atoms with Gasteiger partial charge in [-0.3, -0.25) is 24.0 Å². The van der Waals surface area contributed by atoms with E-state index in [0.29, 0.717) is 12.8 Å². The van der Waals surface area contributed by atoms with E-state index >= 15 is 0 Å². The lowest BCUT2D eigenvalue weighted by Crippen LogP contribution is -2.53. The van der Waals surface area contributed by atoms with Crippen molar-refractivity contribution in [3.8, 4) is 0 Å². The maximum Gasteiger partial charge on any atom is 0.269 e. The molecular formula is C30H36N4O6S. The Morgan fingerprint density at radius 1 is 0.927 bits per heavy atom. The number of nitrogens with zero attached hydrogens (tertiary/aromatic N) is 3. The summed E-state index contributed by atoms with van der Waals surface area (Å²) in [5.41, 5.74) is 1.61. The van der Waals surface area contributed by atoms with Gasteiger partial charge >= 0.3 is 0 Å². The van der Waals surface area contributed by atoms with Crippen LogP contribution in [0.25, 0.3) is 0 Å². The fraction of sp³-hybridized carbons (Fsp3) is 0.333. The Labute approximate surface area is 241 Å². The minimum absolute atomic E-state index is 0.0434. The van der Waals surface area contributed by atoms with Gasteiger partial charge in [-0.15, -0.1) is 0 Å². The molecule has 3 aromatic rings. The molecule has 2 atom stereocenters. The molecule has 3 aromatic carbocycles. The number of non-ortho nitro benzene ring substituents is 1. The molecule has 2 unspecified atom stereocenters. The van der Waals surface area contributed by atoms with Gasteiger partial charge in [0.1, 0.15) is 12.6 Å². The number of carbonyl (C=O) groups excluding carboxylic acids is 2. The van der Waals surface area contributed by atoms with Gasteiger partial charge < -0.3 is 10.2 Å². The summed E-state index contributed by atoms with van der Waals surface area (Å²) in [7, 11) is -4.26. The summed E-state index contributed by atoms with van der Waals surface area (Å²) in [5.74, 6) is -0.908. The van der Waals surface area contributed by atoms with Gasteiger partial charge in [-0.25, -0.2) is 8.42 Å². The zero-order valence-corrected chi connectivity index (χ0v) is 24.5. The van der Waals surface area contributed by atoms with Gasteiger partial charge in [0, 0.05) is 24.7 Å². The topological polar surface area (TPSA) is 130 Å². The van der Waals surface area contributed by atoms with Crippen molar-refractivity contribution in [3.05, 3.63) is 100 Å². The number of nitro groups is 1. The molecule has 0 heterocycles. The minimum Gasteiger partial charge on any atom is -0.352 e. The molecule has 0 aliphatic carbocycles. The number of rotatable bonds is 13. The Bertz CT molecular complexity index is 1460. The van der Waals surface area contributed by atoms with Crippen LogP contribution in [0.5, 0.6) is 0 Å². The van der Waals surface area contributed by atoms with Crippen LogP contribution in [0.15, 0.2) is 83.8 Å². The molecule has 1 N–H and O–H groups in total. The van der Waals surface area contributed by atoms with E-state index in [-0.39, 0.29) is 34.8 Å². The average molecular weight is 581 g/mol. The summed E-state index contributed by atoms with van der Waals surface area (Å²) < 4.78 is 28.6. The standard InChI is InChI=1S/C30H36N4O6S/c1-5-23(4)31-30(36)28(6-2)32(20-24-13-11-10-12-22(24)3)29(35)21-33(25-16-18-26(19-17-25)34(37)38)41(39,40)27-14-8-7-9-15-27/h7-19,23,28H,5-6,20-21H2,1-4H3,(H,31,36). The van der Waals surface area contributed by atoms with Gasteiger partial charge in [0.25, 0.3) is 15.7 Å². The Morgan fingerprint density at radius 2 is 1.54 bits per heavy atom. The summed E-state index contributed by atoms with van der Waals surface area (Å²) in [6.07, 6.45) is 1.01. The zero-order valence-electron chi connectivity index (χ0n) is 23.7. The van der Waals surface area contributed by atoms with Crippen LogP contribution in [0, 0.1) is 17.0 Å². The summed E-state index contributed by atoms with van der Waals surface area (Å²) in [6.45, 7) is 7.00. The SMILES string of the molecule is CCC(C)NC(=O)C(CC)N(Cc1ccccc1C)C(=O)CN(c1ccc([N+](=O)[O-])cc1)S(=O)(=O)c1ccccc1. The second kappa shape index (κ2) is 13.9. The van der Waals surface area contributed by atoms with Crippen molar-refractivity contribution in [1.82, 2.24) is 10.2 Å². The molecule has 0 spiro atoms. The summed E-state index contributed by atoms with van der Waals surface area (Å²) in [4.78, 5) is 39.4. The summed E-state index contributed by atoms with van der Waals surface area (Å²) in [6, 6.07) is 19.1. The second-order valence-corrected chi connectivity index (χ2v) is 11.7. The lowest BCUT2D eigenvalue weighted by molar-refractivity contribution is -0.384. The van der Waals surface area contributed by atoms with Gasteiger partial charge in [-0.2, -0.15) is 0 Å². The molecule has 0 saturated carbocycles. The third-order valence-corrected chi connectivity index (χ3v) is 8.74. The average Bonchev–Trinajstić information content (AvgIpc) is 2.97. The van der Waals surface area contributed by atoms with E-state index in [1.165, 1.54) is 41.3 Å². The van der Waals surface area contributed by atoms with E-state index in [1.54, 1.807) is 25.1 Å². The monoisotopic (exact) mass is 580 g/mol. The van der Waals surface area contributed by atoms with Crippen molar-refractivity contribution < 1.29 is 22.9 Å². The number of nitro benzene ring substituents is 1. The normalized spacial score (nSPS) is 12.7. The maximum absolute atomic E-state index is 14.1. The largest absolute Gasteiger partial charge is 0.352 e. The van der Waals surface area contributed by atoms with Crippen molar-refractivity contribution in [2.24, 2.45) is 0 Å². The van der Waals surface area contributed by atoms with Crippen LogP contribution >= 0.6 is 0 Å². The van der Waals surface area contributed by atoms with E-state index < -0.39 is 33.4 Å². The lowest BCUT2D eigenvalue weighted by Gasteiger charge is -2.34. The number of amides is 2. The van der Waals surface area contributed by atoms with Crippen molar-refractivity contribution in [2.45, 2.75) is 64.1 Å². The lowest BCUT2D eigenvalue weighted by atomic mass is 10.1. The molecule has 0 bridgehead atoms. The van der Waals surface area contributed by atoms with Crippen molar-refractivity contribution >= 4 is 33.2 Å². The molecule has 41 heavy (non-hydrogen) atoms. The molecule has 0 radical (unpaired) electrons. The van der Waals surface area contributed by atoms with Gasteiger partial charge in [0.05, 0.1) is 15.5 Å². The number of hydrogen-bond acceptors (Lipinski definition) is 6. The number of benzene rings is 3. The minimum atomic E-state index is -4.26. The first-order valence-corrected chi connectivity index (χ1v) is 14.9.